The largest absolute Gasteiger partial charge is 0.449 e. The van der Waals surface area contributed by atoms with E-state index in [-0.39, 0.29) is 17.5 Å². The average molecular weight is 406 g/mol. The summed E-state index contributed by atoms with van der Waals surface area (Å²) < 4.78 is 19.6. The molecular formula is C19H17BrFNO3. The molecular weight excluding hydrogens is 389 g/mol. The summed E-state index contributed by atoms with van der Waals surface area (Å²) in [6, 6.07) is 11.7. The van der Waals surface area contributed by atoms with Gasteiger partial charge in [0.05, 0.1) is 5.56 Å². The van der Waals surface area contributed by atoms with Gasteiger partial charge in [-0.2, -0.15) is 0 Å². The Kier molecular flexibility index (Phi) is 4.90. The van der Waals surface area contributed by atoms with Gasteiger partial charge in [0.2, 0.25) is 0 Å². The standard InChI is InChI=1S/C19H17BrFNO3/c1-11-9-13-5-3-4-6-17(13)22(11)18(23)12(2)25-19(24)15-8-7-14(20)10-16(15)21/h3-8,10-12H,9H2,1-2H3/t11-,12+/m1/s1. The lowest BCUT2D eigenvalue weighted by Gasteiger charge is -2.26. The first kappa shape index (κ1) is 17.6. The van der Waals surface area contributed by atoms with Gasteiger partial charge < -0.3 is 9.64 Å². The van der Waals surface area contributed by atoms with Crippen LogP contribution >= 0.6 is 15.9 Å². The van der Waals surface area contributed by atoms with Gasteiger partial charge in [0.25, 0.3) is 5.91 Å². The highest BCUT2D eigenvalue weighted by Crippen LogP contribution is 2.32. The molecule has 0 unspecified atom stereocenters. The predicted octanol–water partition coefficient (Wildman–Crippen LogP) is 4.11. The molecule has 0 bridgehead atoms. The van der Waals surface area contributed by atoms with Crippen molar-refractivity contribution in [2.45, 2.75) is 32.4 Å². The van der Waals surface area contributed by atoms with Crippen LogP contribution in [0.25, 0.3) is 0 Å². The number of fused-ring (bicyclic) bond motifs is 1. The Bertz CT molecular complexity index is 839. The fourth-order valence-electron chi connectivity index (χ4n) is 3.03. The lowest BCUT2D eigenvalue weighted by Crippen LogP contribution is -2.43. The maximum atomic E-state index is 13.9. The number of nitrogens with zero attached hydrogens (tertiary/aromatic N) is 1. The SMILES string of the molecule is C[C@H](OC(=O)c1ccc(Br)cc1F)C(=O)N1c2ccccc2C[C@H]1C. The first-order chi connectivity index (χ1) is 11.9. The van der Waals surface area contributed by atoms with Crippen LogP contribution in [-0.2, 0) is 16.0 Å². The van der Waals surface area contributed by atoms with Crippen LogP contribution in [0.15, 0.2) is 46.9 Å². The predicted molar refractivity (Wildman–Crippen MR) is 96.1 cm³/mol. The third-order valence-electron chi connectivity index (χ3n) is 4.23. The van der Waals surface area contributed by atoms with Gasteiger partial charge >= 0.3 is 5.97 Å². The molecule has 0 saturated carbocycles. The second kappa shape index (κ2) is 6.96. The third-order valence-corrected chi connectivity index (χ3v) is 4.72. The van der Waals surface area contributed by atoms with Crippen LogP contribution in [0.1, 0.15) is 29.8 Å². The van der Waals surface area contributed by atoms with Crippen LogP contribution in [0, 0.1) is 5.82 Å². The highest BCUT2D eigenvalue weighted by molar-refractivity contribution is 9.10. The number of amides is 1. The van der Waals surface area contributed by atoms with Gasteiger partial charge in [0, 0.05) is 16.2 Å². The van der Waals surface area contributed by atoms with E-state index in [1.54, 1.807) is 11.0 Å². The molecule has 1 amide bonds. The molecule has 2 atom stereocenters. The molecule has 0 aromatic heterocycles. The number of para-hydroxylation sites is 1. The molecule has 130 valence electrons. The van der Waals surface area contributed by atoms with Crippen molar-refractivity contribution in [3.63, 3.8) is 0 Å². The molecule has 4 nitrogen and oxygen atoms in total. The van der Waals surface area contributed by atoms with Crippen molar-refractivity contribution in [1.29, 1.82) is 0 Å². The zero-order valence-electron chi connectivity index (χ0n) is 13.8. The van der Waals surface area contributed by atoms with Crippen LogP contribution in [0.4, 0.5) is 10.1 Å². The smallest absolute Gasteiger partial charge is 0.341 e. The Labute approximate surface area is 153 Å². The summed E-state index contributed by atoms with van der Waals surface area (Å²) in [6.45, 7) is 3.45. The van der Waals surface area contributed by atoms with Crippen molar-refractivity contribution < 1.29 is 18.7 Å². The number of esters is 1. The molecule has 2 aromatic carbocycles. The van der Waals surface area contributed by atoms with Gasteiger partial charge in [0.1, 0.15) is 5.82 Å². The van der Waals surface area contributed by atoms with Crippen molar-refractivity contribution in [1.82, 2.24) is 0 Å². The minimum absolute atomic E-state index is 0.0181. The van der Waals surface area contributed by atoms with E-state index in [4.69, 9.17) is 4.74 Å². The Balaban J connectivity index is 1.76. The van der Waals surface area contributed by atoms with E-state index >= 15 is 0 Å². The molecule has 6 heteroatoms. The molecule has 0 fully saturated rings. The quantitative estimate of drug-likeness (QED) is 0.721. The van der Waals surface area contributed by atoms with E-state index < -0.39 is 17.9 Å². The number of rotatable bonds is 3. The zero-order valence-corrected chi connectivity index (χ0v) is 15.4. The van der Waals surface area contributed by atoms with E-state index in [0.29, 0.717) is 4.47 Å². The number of hydrogen-bond donors (Lipinski definition) is 0. The number of benzene rings is 2. The van der Waals surface area contributed by atoms with Gasteiger partial charge in [-0.25, -0.2) is 9.18 Å². The lowest BCUT2D eigenvalue weighted by molar-refractivity contribution is -0.126. The van der Waals surface area contributed by atoms with Crippen molar-refractivity contribution in [2.75, 3.05) is 4.90 Å². The Morgan fingerprint density at radius 2 is 2.00 bits per heavy atom. The van der Waals surface area contributed by atoms with Crippen LogP contribution in [0.5, 0.6) is 0 Å². The van der Waals surface area contributed by atoms with E-state index in [1.807, 2.05) is 31.2 Å². The van der Waals surface area contributed by atoms with Crippen molar-refractivity contribution >= 4 is 33.5 Å². The summed E-state index contributed by atoms with van der Waals surface area (Å²) in [6.07, 6.45) is -0.256. The molecule has 3 rings (SSSR count). The first-order valence-electron chi connectivity index (χ1n) is 7.95. The fourth-order valence-corrected chi connectivity index (χ4v) is 3.36. The Morgan fingerprint density at radius 1 is 1.28 bits per heavy atom. The number of halogens is 2. The molecule has 0 N–H and O–H groups in total. The summed E-state index contributed by atoms with van der Waals surface area (Å²) in [7, 11) is 0. The van der Waals surface area contributed by atoms with E-state index in [0.717, 1.165) is 17.7 Å². The summed E-state index contributed by atoms with van der Waals surface area (Å²) in [4.78, 5) is 26.6. The highest BCUT2D eigenvalue weighted by Gasteiger charge is 2.34. The number of carbonyl (C=O) groups excluding carboxylic acids is 2. The third kappa shape index (κ3) is 3.44. The number of ether oxygens (including phenoxy) is 1. The maximum Gasteiger partial charge on any atom is 0.341 e. The maximum absolute atomic E-state index is 13.9. The Hall–Kier alpha value is -2.21. The zero-order chi connectivity index (χ0) is 18.1. The van der Waals surface area contributed by atoms with Gasteiger partial charge in [-0.1, -0.05) is 34.1 Å². The molecule has 0 saturated heterocycles. The molecule has 0 aliphatic carbocycles. The summed E-state index contributed by atoms with van der Waals surface area (Å²) in [5.41, 5.74) is 1.72. The van der Waals surface area contributed by atoms with Crippen LogP contribution in [0.3, 0.4) is 0 Å². The highest BCUT2D eigenvalue weighted by atomic mass is 79.9. The van der Waals surface area contributed by atoms with Crippen LogP contribution < -0.4 is 4.90 Å². The minimum atomic E-state index is -1.01. The van der Waals surface area contributed by atoms with Gasteiger partial charge in [-0.15, -0.1) is 0 Å². The molecule has 0 spiro atoms. The van der Waals surface area contributed by atoms with Crippen molar-refractivity contribution in [3.05, 3.63) is 63.9 Å². The normalized spacial score (nSPS) is 17.1. The Morgan fingerprint density at radius 3 is 2.72 bits per heavy atom. The van der Waals surface area contributed by atoms with Gasteiger partial charge in [0.15, 0.2) is 6.10 Å². The van der Waals surface area contributed by atoms with Crippen LogP contribution in [0.2, 0.25) is 0 Å². The fraction of sp³-hybridized carbons (Fsp3) is 0.263. The summed E-state index contributed by atoms with van der Waals surface area (Å²) >= 11 is 3.13. The number of hydrogen-bond acceptors (Lipinski definition) is 3. The van der Waals surface area contributed by atoms with Gasteiger partial charge in [-0.05, 0) is 50.1 Å². The lowest BCUT2D eigenvalue weighted by atomic mass is 10.1. The molecule has 2 aromatic rings. The average Bonchev–Trinajstić information content (AvgIpc) is 2.89. The number of carbonyl (C=O) groups is 2. The van der Waals surface area contributed by atoms with Gasteiger partial charge in [-0.3, -0.25) is 4.79 Å². The molecule has 1 heterocycles. The first-order valence-corrected chi connectivity index (χ1v) is 8.75. The monoisotopic (exact) mass is 405 g/mol. The van der Waals surface area contributed by atoms with Crippen molar-refractivity contribution in [2.24, 2.45) is 0 Å². The molecule has 25 heavy (non-hydrogen) atoms. The van der Waals surface area contributed by atoms with E-state index in [9.17, 15) is 14.0 Å². The summed E-state index contributed by atoms with van der Waals surface area (Å²) in [5, 5.41) is 0. The summed E-state index contributed by atoms with van der Waals surface area (Å²) in [5.74, 6) is -1.87. The number of anilines is 1. The van der Waals surface area contributed by atoms with Crippen LogP contribution in [-0.4, -0.2) is 24.0 Å². The second-order valence-corrected chi connectivity index (χ2v) is 6.98. The molecule has 1 aliphatic heterocycles. The molecule has 0 radical (unpaired) electrons. The van der Waals surface area contributed by atoms with E-state index in [2.05, 4.69) is 15.9 Å². The second-order valence-electron chi connectivity index (χ2n) is 6.06. The minimum Gasteiger partial charge on any atom is -0.449 e. The van der Waals surface area contributed by atoms with Crippen molar-refractivity contribution in [3.8, 4) is 0 Å². The topological polar surface area (TPSA) is 46.6 Å². The molecule has 1 aliphatic rings. The van der Waals surface area contributed by atoms with E-state index in [1.165, 1.54) is 19.1 Å².